The number of carbonyl (C=O) groups is 1. The molecule has 0 saturated carbocycles. The van der Waals surface area contributed by atoms with Gasteiger partial charge in [-0.05, 0) is 53.7 Å². The van der Waals surface area contributed by atoms with Crippen LogP contribution >= 0.6 is 50.9 Å². The van der Waals surface area contributed by atoms with E-state index in [1.165, 1.54) is 4.90 Å². The van der Waals surface area contributed by atoms with Crippen molar-refractivity contribution in [1.82, 2.24) is 0 Å². The minimum Gasteiger partial charge on any atom is -0.278 e. The number of amidine groups is 1. The summed E-state index contributed by atoms with van der Waals surface area (Å²) in [5.74, 6) is -0.249. The Hall–Kier alpha value is -1.27. The summed E-state index contributed by atoms with van der Waals surface area (Å²) in [5.41, 5.74) is 1.42. The predicted octanol–water partition coefficient (Wildman–Crippen LogP) is 5.81. The van der Waals surface area contributed by atoms with Gasteiger partial charge in [0.1, 0.15) is 0 Å². The Morgan fingerprint density at radius 3 is 2.43 bits per heavy atom. The van der Waals surface area contributed by atoms with Gasteiger partial charge in [-0.2, -0.15) is 0 Å². The number of benzene rings is 2. The first kappa shape index (κ1) is 16.6. The van der Waals surface area contributed by atoms with Crippen LogP contribution in [0.4, 0.5) is 5.69 Å². The van der Waals surface area contributed by atoms with Crippen molar-refractivity contribution >= 4 is 73.7 Å². The molecule has 1 heterocycles. The molecular formula is C16H9BrCl2N2OS. The number of halogens is 3. The summed E-state index contributed by atoms with van der Waals surface area (Å²) in [6.45, 7) is 0. The number of nitrogens with one attached hydrogen (secondary N) is 1. The van der Waals surface area contributed by atoms with Crippen LogP contribution in [0.15, 0.2) is 51.8 Å². The molecule has 0 spiro atoms. The molecule has 1 fully saturated rings. The van der Waals surface area contributed by atoms with E-state index in [1.807, 2.05) is 24.3 Å². The maximum atomic E-state index is 12.6. The van der Waals surface area contributed by atoms with Gasteiger partial charge in [0.05, 0.1) is 20.6 Å². The molecule has 0 bridgehead atoms. The van der Waals surface area contributed by atoms with Gasteiger partial charge in [-0.25, -0.2) is 0 Å². The molecule has 0 radical (unpaired) electrons. The van der Waals surface area contributed by atoms with Gasteiger partial charge in [0.25, 0.3) is 5.91 Å². The zero-order valence-electron chi connectivity index (χ0n) is 11.5. The van der Waals surface area contributed by atoms with Gasteiger partial charge in [-0.15, -0.1) is 0 Å². The van der Waals surface area contributed by atoms with Gasteiger partial charge in [-0.3, -0.25) is 15.1 Å². The third kappa shape index (κ3) is 3.48. The minimum absolute atomic E-state index is 0.136. The van der Waals surface area contributed by atoms with Crippen molar-refractivity contribution in [3.05, 3.63) is 67.5 Å². The van der Waals surface area contributed by atoms with Crippen LogP contribution in [-0.2, 0) is 4.79 Å². The topological polar surface area (TPSA) is 44.2 Å². The summed E-state index contributed by atoms with van der Waals surface area (Å²) in [5, 5.41) is 8.96. The lowest BCUT2D eigenvalue weighted by Crippen LogP contribution is -2.28. The first-order chi connectivity index (χ1) is 11.0. The van der Waals surface area contributed by atoms with Gasteiger partial charge < -0.3 is 0 Å². The number of nitrogens with zero attached hydrogens (tertiary/aromatic N) is 1. The number of thioether (sulfide) groups is 1. The molecule has 2 aromatic carbocycles. The molecule has 1 aliphatic rings. The summed E-state index contributed by atoms with van der Waals surface area (Å²) in [4.78, 5) is 14.4. The van der Waals surface area contributed by atoms with Crippen molar-refractivity contribution in [2.24, 2.45) is 0 Å². The molecule has 7 heteroatoms. The third-order valence-electron chi connectivity index (χ3n) is 3.15. The standard InChI is InChI=1S/C16H9BrCl2N2OS/c17-10-3-1-9(2-4-10)7-14-15(22)21(16(20)23-14)11-5-6-12(18)13(19)8-11/h1-8,20H/b14-7-,20-16?. The van der Waals surface area contributed by atoms with E-state index in [4.69, 9.17) is 28.6 Å². The number of anilines is 1. The number of hydrogen-bond acceptors (Lipinski definition) is 3. The highest BCUT2D eigenvalue weighted by Crippen LogP contribution is 2.37. The van der Waals surface area contributed by atoms with Crippen molar-refractivity contribution in [3.8, 4) is 0 Å². The van der Waals surface area contributed by atoms with Crippen molar-refractivity contribution in [1.29, 1.82) is 5.41 Å². The Balaban J connectivity index is 1.93. The number of hydrogen-bond donors (Lipinski definition) is 1. The fourth-order valence-electron chi connectivity index (χ4n) is 2.06. The normalized spacial score (nSPS) is 16.5. The van der Waals surface area contributed by atoms with Gasteiger partial charge >= 0.3 is 0 Å². The molecule has 0 unspecified atom stereocenters. The summed E-state index contributed by atoms with van der Waals surface area (Å²) in [6.07, 6.45) is 1.77. The molecule has 23 heavy (non-hydrogen) atoms. The van der Waals surface area contributed by atoms with Crippen molar-refractivity contribution in [3.63, 3.8) is 0 Å². The second kappa shape index (κ2) is 6.69. The van der Waals surface area contributed by atoms with Crippen LogP contribution in [0.1, 0.15) is 5.56 Å². The molecule has 1 N–H and O–H groups in total. The first-order valence-corrected chi connectivity index (χ1v) is 8.85. The Labute approximate surface area is 155 Å². The second-order valence-electron chi connectivity index (χ2n) is 4.71. The summed E-state index contributed by atoms with van der Waals surface area (Å²) >= 11 is 16.4. The molecule has 1 aliphatic heterocycles. The van der Waals surface area contributed by atoms with Crippen LogP contribution in [0.3, 0.4) is 0 Å². The average Bonchev–Trinajstić information content (AvgIpc) is 2.79. The van der Waals surface area contributed by atoms with Gasteiger partial charge in [0, 0.05) is 4.47 Å². The zero-order valence-corrected chi connectivity index (χ0v) is 15.4. The van der Waals surface area contributed by atoms with E-state index in [2.05, 4.69) is 15.9 Å². The van der Waals surface area contributed by atoms with Gasteiger partial charge in [-0.1, -0.05) is 51.3 Å². The smallest absolute Gasteiger partial charge is 0.271 e. The second-order valence-corrected chi connectivity index (χ2v) is 7.47. The Morgan fingerprint density at radius 1 is 1.09 bits per heavy atom. The SMILES string of the molecule is N=C1S/C(=C\c2ccc(Br)cc2)C(=O)N1c1ccc(Cl)c(Cl)c1. The molecule has 3 rings (SSSR count). The lowest BCUT2D eigenvalue weighted by atomic mass is 10.2. The molecule has 2 aromatic rings. The summed E-state index contributed by atoms with van der Waals surface area (Å²) < 4.78 is 0.968. The Bertz CT molecular complexity index is 836. The highest BCUT2D eigenvalue weighted by atomic mass is 79.9. The molecule has 1 saturated heterocycles. The van der Waals surface area contributed by atoms with Crippen LogP contribution < -0.4 is 4.90 Å². The number of carbonyl (C=O) groups excluding carboxylic acids is 1. The van der Waals surface area contributed by atoms with Crippen molar-refractivity contribution < 1.29 is 4.79 Å². The molecule has 0 aliphatic carbocycles. The number of amides is 1. The molecule has 0 aromatic heterocycles. The molecule has 1 amide bonds. The predicted molar refractivity (Wildman–Crippen MR) is 101 cm³/mol. The lowest BCUT2D eigenvalue weighted by Gasteiger charge is -2.14. The quantitative estimate of drug-likeness (QED) is 0.614. The molecule has 3 nitrogen and oxygen atoms in total. The van der Waals surface area contributed by atoms with E-state index < -0.39 is 0 Å². The van der Waals surface area contributed by atoms with Crippen LogP contribution in [0.5, 0.6) is 0 Å². The maximum absolute atomic E-state index is 12.6. The fourth-order valence-corrected chi connectivity index (χ4v) is 3.47. The van der Waals surface area contributed by atoms with E-state index >= 15 is 0 Å². The van der Waals surface area contributed by atoms with Gasteiger partial charge in [0.2, 0.25) is 0 Å². The highest BCUT2D eigenvalue weighted by molar-refractivity contribution is 9.10. The van der Waals surface area contributed by atoms with E-state index in [9.17, 15) is 4.79 Å². The van der Waals surface area contributed by atoms with E-state index in [0.717, 1.165) is 21.8 Å². The lowest BCUT2D eigenvalue weighted by molar-refractivity contribution is -0.113. The molecular weight excluding hydrogens is 419 g/mol. The third-order valence-corrected chi connectivity index (χ3v) is 5.31. The maximum Gasteiger partial charge on any atom is 0.271 e. The highest BCUT2D eigenvalue weighted by Gasteiger charge is 2.33. The van der Waals surface area contributed by atoms with Crippen LogP contribution in [-0.4, -0.2) is 11.1 Å². The van der Waals surface area contributed by atoms with Gasteiger partial charge in [0.15, 0.2) is 5.17 Å². The Kier molecular flexibility index (Phi) is 4.82. The van der Waals surface area contributed by atoms with E-state index in [0.29, 0.717) is 20.6 Å². The molecule has 0 atom stereocenters. The van der Waals surface area contributed by atoms with E-state index in [-0.39, 0.29) is 11.1 Å². The van der Waals surface area contributed by atoms with Crippen molar-refractivity contribution in [2.45, 2.75) is 0 Å². The van der Waals surface area contributed by atoms with Crippen LogP contribution in [0, 0.1) is 5.41 Å². The largest absolute Gasteiger partial charge is 0.278 e. The molecule has 116 valence electrons. The van der Waals surface area contributed by atoms with Crippen LogP contribution in [0.2, 0.25) is 10.0 Å². The minimum atomic E-state index is -0.249. The van der Waals surface area contributed by atoms with Crippen LogP contribution in [0.25, 0.3) is 6.08 Å². The monoisotopic (exact) mass is 426 g/mol. The van der Waals surface area contributed by atoms with Crippen molar-refractivity contribution in [2.75, 3.05) is 4.90 Å². The zero-order chi connectivity index (χ0) is 16.6. The fraction of sp³-hybridized carbons (Fsp3) is 0. The van der Waals surface area contributed by atoms with E-state index in [1.54, 1.807) is 24.3 Å². The summed E-state index contributed by atoms with van der Waals surface area (Å²) in [7, 11) is 0. The Morgan fingerprint density at radius 2 is 1.78 bits per heavy atom. The average molecular weight is 428 g/mol. The first-order valence-electron chi connectivity index (χ1n) is 6.49. The summed E-state index contributed by atoms with van der Waals surface area (Å²) in [6, 6.07) is 12.5. The number of rotatable bonds is 2.